The van der Waals surface area contributed by atoms with Crippen LogP contribution in [0.4, 0.5) is 15.8 Å². The lowest BCUT2D eigenvalue weighted by Crippen LogP contribution is -2.28. The number of anilines is 1. The number of benzene rings is 1. The van der Waals surface area contributed by atoms with Gasteiger partial charge >= 0.3 is 5.69 Å². The molecule has 2 rings (SSSR count). The van der Waals surface area contributed by atoms with Crippen LogP contribution in [-0.2, 0) is 0 Å². The molecule has 1 aliphatic carbocycles. The molecule has 1 N–H and O–H groups in total. The first-order valence-electron chi connectivity index (χ1n) is 6.86. The first kappa shape index (κ1) is 15.9. The van der Waals surface area contributed by atoms with E-state index in [0.717, 1.165) is 25.3 Å². The molecule has 5 nitrogen and oxygen atoms in total. The Kier molecular flexibility index (Phi) is 5.27. The van der Waals surface area contributed by atoms with Gasteiger partial charge in [-0.1, -0.05) is 6.42 Å². The van der Waals surface area contributed by atoms with Gasteiger partial charge in [-0.25, -0.2) is 4.39 Å². The van der Waals surface area contributed by atoms with Crippen LogP contribution in [0.5, 0.6) is 5.75 Å². The van der Waals surface area contributed by atoms with Gasteiger partial charge in [0.15, 0.2) is 11.6 Å². The second-order valence-electron chi connectivity index (χ2n) is 5.13. The molecular formula is C14H19FN2O3S. The van der Waals surface area contributed by atoms with E-state index in [9.17, 15) is 14.5 Å². The molecule has 1 fully saturated rings. The number of nitrogens with zero attached hydrogens (tertiary/aromatic N) is 1. The van der Waals surface area contributed by atoms with Crippen molar-refractivity contribution < 1.29 is 14.1 Å². The van der Waals surface area contributed by atoms with Gasteiger partial charge in [0.1, 0.15) is 0 Å². The predicted molar refractivity (Wildman–Crippen MR) is 82.8 cm³/mol. The Bertz CT molecular complexity index is 527. The smallest absolute Gasteiger partial charge is 0.313 e. The van der Waals surface area contributed by atoms with Crippen molar-refractivity contribution in [3.05, 3.63) is 28.1 Å². The minimum absolute atomic E-state index is 0.0705. The lowest BCUT2D eigenvalue weighted by atomic mass is 9.94. The maximum atomic E-state index is 14.0. The number of rotatable bonds is 5. The summed E-state index contributed by atoms with van der Waals surface area (Å²) in [5.74, 6) is -0.546. The molecule has 2 unspecified atom stereocenters. The number of nitro groups is 1. The van der Waals surface area contributed by atoms with Gasteiger partial charge in [-0.05, 0) is 25.5 Å². The topological polar surface area (TPSA) is 64.4 Å². The van der Waals surface area contributed by atoms with Gasteiger partial charge in [-0.2, -0.15) is 11.8 Å². The first-order valence-corrected chi connectivity index (χ1v) is 8.15. The standard InChI is InChI=1S/C14H19FN2O3S/c1-20-14-8-12(11(15)7-13(14)17(18)19)16-9-4-3-5-10(6-9)21-2/h7-10,16H,3-6H2,1-2H3. The number of halogens is 1. The molecule has 0 aromatic heterocycles. The molecule has 0 amide bonds. The number of nitrogens with one attached hydrogen (secondary N) is 1. The Morgan fingerprint density at radius 1 is 1.48 bits per heavy atom. The minimum atomic E-state index is -0.643. The van der Waals surface area contributed by atoms with Gasteiger partial charge in [0, 0.05) is 17.4 Å². The molecule has 1 aromatic carbocycles. The fourth-order valence-corrected chi connectivity index (χ4v) is 3.50. The van der Waals surface area contributed by atoms with Gasteiger partial charge in [0.25, 0.3) is 0 Å². The van der Waals surface area contributed by atoms with Crippen molar-refractivity contribution in [2.45, 2.75) is 37.0 Å². The van der Waals surface area contributed by atoms with Crippen molar-refractivity contribution in [1.82, 2.24) is 0 Å². The summed E-state index contributed by atoms with van der Waals surface area (Å²) >= 11 is 1.83. The van der Waals surface area contributed by atoms with Crippen LogP contribution < -0.4 is 10.1 Å². The molecule has 116 valence electrons. The third-order valence-corrected chi connectivity index (χ3v) is 4.88. The van der Waals surface area contributed by atoms with Gasteiger partial charge < -0.3 is 10.1 Å². The fraction of sp³-hybridized carbons (Fsp3) is 0.571. The number of hydrogen-bond donors (Lipinski definition) is 1. The molecule has 0 spiro atoms. The Balaban J connectivity index is 2.18. The summed E-state index contributed by atoms with van der Waals surface area (Å²) in [6, 6.07) is 2.48. The third kappa shape index (κ3) is 3.78. The van der Waals surface area contributed by atoms with Crippen LogP contribution in [0.1, 0.15) is 25.7 Å². The Labute approximate surface area is 127 Å². The fourth-order valence-electron chi connectivity index (χ4n) is 2.67. The van der Waals surface area contributed by atoms with Gasteiger partial charge in [-0.15, -0.1) is 0 Å². The number of methoxy groups -OCH3 is 1. The Morgan fingerprint density at radius 2 is 2.24 bits per heavy atom. The number of thioether (sulfide) groups is 1. The van der Waals surface area contributed by atoms with Crippen LogP contribution in [0.3, 0.4) is 0 Å². The average molecular weight is 314 g/mol. The molecule has 0 bridgehead atoms. The molecule has 0 radical (unpaired) electrons. The van der Waals surface area contributed by atoms with Crippen LogP contribution in [0.15, 0.2) is 12.1 Å². The van der Waals surface area contributed by atoms with E-state index in [1.165, 1.54) is 19.6 Å². The second kappa shape index (κ2) is 6.98. The number of ether oxygens (including phenoxy) is 1. The summed E-state index contributed by atoms with van der Waals surface area (Å²) in [7, 11) is 1.34. The van der Waals surface area contributed by atoms with E-state index in [-0.39, 0.29) is 23.2 Å². The van der Waals surface area contributed by atoms with E-state index >= 15 is 0 Å². The number of hydrogen-bond acceptors (Lipinski definition) is 5. The van der Waals surface area contributed by atoms with Gasteiger partial charge in [-0.3, -0.25) is 10.1 Å². The van der Waals surface area contributed by atoms with E-state index in [2.05, 4.69) is 11.6 Å². The first-order chi connectivity index (χ1) is 10.0. The lowest BCUT2D eigenvalue weighted by Gasteiger charge is -2.29. The zero-order valence-electron chi connectivity index (χ0n) is 12.1. The molecule has 1 aromatic rings. The Hall–Kier alpha value is -1.50. The van der Waals surface area contributed by atoms with Gasteiger partial charge in [0.2, 0.25) is 0 Å². The van der Waals surface area contributed by atoms with Crippen molar-refractivity contribution in [2.24, 2.45) is 0 Å². The molecule has 0 saturated heterocycles. The highest BCUT2D eigenvalue weighted by Crippen LogP contribution is 2.34. The maximum absolute atomic E-state index is 14.0. The molecule has 0 heterocycles. The highest BCUT2D eigenvalue weighted by Gasteiger charge is 2.24. The lowest BCUT2D eigenvalue weighted by molar-refractivity contribution is -0.385. The second-order valence-corrected chi connectivity index (χ2v) is 6.26. The molecule has 0 aliphatic heterocycles. The SMILES string of the molecule is COc1cc(NC2CCCC(SC)C2)c(F)cc1[N+](=O)[O-]. The number of nitro benzene ring substituents is 1. The molecule has 21 heavy (non-hydrogen) atoms. The van der Waals surface area contributed by atoms with Crippen molar-refractivity contribution in [2.75, 3.05) is 18.7 Å². The molecule has 1 aliphatic rings. The van der Waals surface area contributed by atoms with E-state index < -0.39 is 10.7 Å². The Morgan fingerprint density at radius 3 is 2.86 bits per heavy atom. The quantitative estimate of drug-likeness (QED) is 0.661. The minimum Gasteiger partial charge on any atom is -0.490 e. The summed E-state index contributed by atoms with van der Waals surface area (Å²) in [5.41, 5.74) is -0.0876. The highest BCUT2D eigenvalue weighted by molar-refractivity contribution is 7.99. The molecular weight excluding hydrogens is 295 g/mol. The van der Waals surface area contributed by atoms with Crippen molar-refractivity contribution in [1.29, 1.82) is 0 Å². The van der Waals surface area contributed by atoms with E-state index in [0.29, 0.717) is 5.25 Å². The van der Waals surface area contributed by atoms with Crippen LogP contribution in [0.2, 0.25) is 0 Å². The van der Waals surface area contributed by atoms with Crippen molar-refractivity contribution >= 4 is 23.1 Å². The van der Waals surface area contributed by atoms with Crippen LogP contribution in [0, 0.1) is 15.9 Å². The summed E-state index contributed by atoms with van der Waals surface area (Å²) < 4.78 is 19.0. The van der Waals surface area contributed by atoms with E-state index in [1.807, 2.05) is 11.8 Å². The van der Waals surface area contributed by atoms with Crippen molar-refractivity contribution in [3.8, 4) is 5.75 Å². The monoisotopic (exact) mass is 314 g/mol. The normalized spacial score (nSPS) is 21.9. The summed E-state index contributed by atoms with van der Waals surface area (Å²) in [6.07, 6.45) is 6.33. The average Bonchev–Trinajstić information content (AvgIpc) is 2.49. The zero-order chi connectivity index (χ0) is 15.4. The van der Waals surface area contributed by atoms with E-state index in [1.54, 1.807) is 0 Å². The zero-order valence-corrected chi connectivity index (χ0v) is 12.9. The predicted octanol–water partition coefficient (Wildman–Crippen LogP) is 3.83. The molecule has 1 saturated carbocycles. The maximum Gasteiger partial charge on any atom is 0.313 e. The van der Waals surface area contributed by atoms with Crippen LogP contribution >= 0.6 is 11.8 Å². The third-order valence-electron chi connectivity index (χ3n) is 3.78. The summed E-state index contributed by atoms with van der Waals surface area (Å²) in [6.45, 7) is 0. The van der Waals surface area contributed by atoms with Crippen LogP contribution in [-0.4, -0.2) is 29.6 Å². The molecule has 7 heteroatoms. The summed E-state index contributed by atoms with van der Waals surface area (Å²) in [5, 5.41) is 14.6. The van der Waals surface area contributed by atoms with E-state index in [4.69, 9.17) is 4.74 Å². The highest BCUT2D eigenvalue weighted by atomic mass is 32.2. The van der Waals surface area contributed by atoms with Crippen molar-refractivity contribution in [3.63, 3.8) is 0 Å². The van der Waals surface area contributed by atoms with Crippen LogP contribution in [0.25, 0.3) is 0 Å². The van der Waals surface area contributed by atoms with Gasteiger partial charge in [0.05, 0.1) is 23.8 Å². The largest absolute Gasteiger partial charge is 0.490 e. The molecule has 2 atom stereocenters. The summed E-state index contributed by atoms with van der Waals surface area (Å²) in [4.78, 5) is 10.2.